The summed E-state index contributed by atoms with van der Waals surface area (Å²) >= 11 is 0. The monoisotopic (exact) mass is 732 g/mol. The summed E-state index contributed by atoms with van der Waals surface area (Å²) in [5, 5.41) is 0. The van der Waals surface area contributed by atoms with Crippen molar-refractivity contribution in [2.75, 3.05) is 0 Å². The maximum atomic E-state index is 11.9. The fourth-order valence-corrected chi connectivity index (χ4v) is 6.86. The molecule has 0 atom stereocenters. The van der Waals surface area contributed by atoms with E-state index in [1.807, 2.05) is 0 Å². The summed E-state index contributed by atoms with van der Waals surface area (Å²) in [6.07, 6.45) is 22.4. The summed E-state index contributed by atoms with van der Waals surface area (Å²) in [6.45, 7) is 26.0. The Labute approximate surface area is 306 Å². The van der Waals surface area contributed by atoms with E-state index < -0.39 is 0 Å². The molecule has 1 aliphatic heterocycles. The molecule has 0 radical (unpaired) electrons. The van der Waals surface area contributed by atoms with E-state index in [-0.39, 0.29) is 20.4 Å². The molecule has 0 amide bonds. The SMILES string of the molecule is CCCCCCc1c(CC)cc(C2=CC(CCCC)=C(c3cc(CC)c(CCCCCC)c(CC)c3)[N+]2=[N-])cc1CC.[CH2-]C.[CH2-]C.[Pd+2]. The molecule has 3 heteroatoms. The van der Waals surface area contributed by atoms with Crippen LogP contribution in [0.4, 0.5) is 0 Å². The van der Waals surface area contributed by atoms with Crippen LogP contribution in [0.2, 0.25) is 0 Å². The van der Waals surface area contributed by atoms with E-state index in [1.54, 1.807) is 25.0 Å². The number of benzene rings is 2. The minimum Gasteiger partial charge on any atom is -0.493 e. The van der Waals surface area contributed by atoms with Gasteiger partial charge < -0.3 is 19.4 Å². The Hall–Kier alpha value is -1.82. The van der Waals surface area contributed by atoms with Crippen LogP contribution < -0.4 is 0 Å². The molecule has 0 aromatic heterocycles. The maximum Gasteiger partial charge on any atom is 2.00 e. The average Bonchev–Trinajstić information content (AvgIpc) is 3.44. The number of unbranched alkanes of at least 4 members (excludes halogenated alkanes) is 7. The van der Waals surface area contributed by atoms with Gasteiger partial charge >= 0.3 is 20.4 Å². The van der Waals surface area contributed by atoms with E-state index in [0.717, 1.165) is 61.9 Å². The third-order valence-electron chi connectivity index (χ3n) is 9.38. The van der Waals surface area contributed by atoms with Gasteiger partial charge in [0.25, 0.3) is 0 Å². The molecule has 266 valence electrons. The fraction of sp³-hybridized carbons (Fsp3) is 0.591. The molecule has 2 aromatic carbocycles. The Kier molecular flexibility index (Phi) is 25.1. The van der Waals surface area contributed by atoms with Gasteiger partial charge in [0.05, 0.1) is 0 Å². The molecule has 0 saturated heterocycles. The average molecular weight is 733 g/mol. The van der Waals surface area contributed by atoms with E-state index in [1.165, 1.54) is 102 Å². The normalized spacial score (nSPS) is 12.2. The van der Waals surface area contributed by atoms with Gasteiger partial charge in [-0.2, -0.15) is 13.8 Å². The first-order chi connectivity index (χ1) is 22.5. The van der Waals surface area contributed by atoms with Crippen molar-refractivity contribution in [3.8, 4) is 0 Å². The predicted octanol–water partition coefficient (Wildman–Crippen LogP) is 13.9. The zero-order chi connectivity index (χ0) is 34.5. The van der Waals surface area contributed by atoms with E-state index in [0.29, 0.717) is 0 Å². The first-order valence-corrected chi connectivity index (χ1v) is 19.1. The number of nitrogens with zero attached hydrogens (tertiary/aromatic N) is 2. The molecule has 0 N–H and O–H groups in total. The third kappa shape index (κ3) is 12.9. The summed E-state index contributed by atoms with van der Waals surface area (Å²) in [4.78, 5) is 0. The predicted molar refractivity (Wildman–Crippen MR) is 206 cm³/mol. The van der Waals surface area contributed by atoms with Gasteiger partial charge in [-0.3, -0.25) is 0 Å². The topological polar surface area (TPSA) is 25.3 Å². The first-order valence-electron chi connectivity index (χ1n) is 19.1. The second-order valence-corrected chi connectivity index (χ2v) is 12.4. The zero-order valence-corrected chi connectivity index (χ0v) is 33.6. The summed E-state index contributed by atoms with van der Waals surface area (Å²) in [7, 11) is 0. The molecule has 0 unspecified atom stereocenters. The van der Waals surface area contributed by atoms with Gasteiger partial charge in [-0.25, -0.2) is 4.70 Å². The van der Waals surface area contributed by atoms with Crippen LogP contribution in [0.3, 0.4) is 0 Å². The largest absolute Gasteiger partial charge is 2.00 e. The Morgan fingerprint density at radius 2 is 0.894 bits per heavy atom. The standard InChI is InChI=1S/C40H60N2.2C2H5.Pd/c1-8-15-18-20-23-37-30(11-4)25-35(26-31(37)12-5)39-29-34(22-17-10-3)40(42(39)41)36-27-32(13-6)38(33(14-7)28-36)24-21-19-16-9-2;2*1-2;/h25-29H,8-24H2,1-7H3;2*1H2,2H3;/q;2*-1;+2. The van der Waals surface area contributed by atoms with Gasteiger partial charge in [0.15, 0.2) is 0 Å². The smallest absolute Gasteiger partial charge is 0.493 e. The van der Waals surface area contributed by atoms with Crippen molar-refractivity contribution in [3.63, 3.8) is 0 Å². The summed E-state index contributed by atoms with van der Waals surface area (Å²) in [6, 6.07) is 9.53. The fourth-order valence-electron chi connectivity index (χ4n) is 6.86. The molecule has 0 bridgehead atoms. The molecule has 0 fully saturated rings. The molecular formula is C44H70N2Pd. The Morgan fingerprint density at radius 3 is 1.26 bits per heavy atom. The second-order valence-electron chi connectivity index (χ2n) is 12.4. The van der Waals surface area contributed by atoms with Gasteiger partial charge in [-0.05, 0) is 122 Å². The van der Waals surface area contributed by atoms with Gasteiger partial charge in [0.2, 0.25) is 11.4 Å². The van der Waals surface area contributed by atoms with Crippen molar-refractivity contribution < 1.29 is 25.1 Å². The molecule has 2 nitrogen and oxygen atoms in total. The van der Waals surface area contributed by atoms with Crippen LogP contribution >= 0.6 is 0 Å². The molecule has 3 rings (SSSR count). The number of hydrogen-bond donors (Lipinski definition) is 0. The molecular weight excluding hydrogens is 663 g/mol. The van der Waals surface area contributed by atoms with Crippen molar-refractivity contribution in [3.05, 3.63) is 99.8 Å². The molecule has 0 spiro atoms. The molecule has 0 aliphatic carbocycles. The minimum atomic E-state index is 0. The molecule has 1 heterocycles. The van der Waals surface area contributed by atoms with Crippen molar-refractivity contribution in [1.29, 1.82) is 0 Å². The van der Waals surface area contributed by atoms with Gasteiger partial charge in [0, 0.05) is 22.8 Å². The van der Waals surface area contributed by atoms with Crippen LogP contribution in [-0.2, 0) is 58.9 Å². The Bertz CT molecular complexity index is 1200. The molecule has 47 heavy (non-hydrogen) atoms. The zero-order valence-electron chi connectivity index (χ0n) is 32.0. The van der Waals surface area contributed by atoms with Crippen molar-refractivity contribution in [2.24, 2.45) is 0 Å². The van der Waals surface area contributed by atoms with Crippen LogP contribution in [0.15, 0.2) is 35.9 Å². The molecule has 1 aliphatic rings. The molecule has 0 saturated carbocycles. The Balaban J connectivity index is 0.00000407. The quantitative estimate of drug-likeness (QED) is 0.0595. The van der Waals surface area contributed by atoms with E-state index in [9.17, 15) is 5.53 Å². The van der Waals surface area contributed by atoms with Crippen molar-refractivity contribution in [2.45, 2.75) is 171 Å². The third-order valence-corrected chi connectivity index (χ3v) is 9.38. The number of hydrogen-bond acceptors (Lipinski definition) is 0. The first kappa shape index (κ1) is 45.2. The van der Waals surface area contributed by atoms with Gasteiger partial charge in [0.1, 0.15) is 0 Å². The van der Waals surface area contributed by atoms with Crippen LogP contribution in [0.5, 0.6) is 0 Å². The minimum absolute atomic E-state index is 0. The van der Waals surface area contributed by atoms with E-state index in [4.69, 9.17) is 0 Å². The summed E-state index contributed by atoms with van der Waals surface area (Å²) in [5.74, 6) is 0. The van der Waals surface area contributed by atoms with Crippen LogP contribution in [0.1, 0.15) is 177 Å². The molecule has 2 aromatic rings. The Morgan fingerprint density at radius 1 is 0.511 bits per heavy atom. The number of allylic oxidation sites excluding steroid dienone is 2. The summed E-state index contributed by atoms with van der Waals surface area (Å²) in [5.41, 5.74) is 26.4. The van der Waals surface area contributed by atoms with Crippen molar-refractivity contribution in [1.82, 2.24) is 0 Å². The second kappa shape index (κ2) is 26.1. The number of rotatable bonds is 19. The van der Waals surface area contributed by atoms with Crippen LogP contribution in [-0.4, -0.2) is 4.70 Å². The van der Waals surface area contributed by atoms with E-state index >= 15 is 0 Å². The van der Waals surface area contributed by atoms with E-state index in [2.05, 4.69) is 92.7 Å². The van der Waals surface area contributed by atoms with Gasteiger partial charge in [-0.15, -0.1) is 0 Å². The van der Waals surface area contributed by atoms with Crippen LogP contribution in [0.25, 0.3) is 16.9 Å². The maximum absolute atomic E-state index is 11.9. The number of aryl methyl sites for hydroxylation is 4. The summed E-state index contributed by atoms with van der Waals surface area (Å²) < 4.78 is 1.54. The van der Waals surface area contributed by atoms with Crippen molar-refractivity contribution >= 4 is 11.4 Å². The van der Waals surface area contributed by atoms with Crippen LogP contribution in [0, 0.1) is 13.8 Å². The van der Waals surface area contributed by atoms with Gasteiger partial charge in [-0.1, -0.05) is 93.4 Å².